The lowest BCUT2D eigenvalue weighted by Crippen LogP contribution is -2.00. The molecule has 0 saturated carbocycles. The van der Waals surface area contributed by atoms with Crippen LogP contribution >= 0.6 is 23.2 Å². The number of aromatic nitrogens is 2. The molecule has 4 nitrogen and oxygen atoms in total. The summed E-state index contributed by atoms with van der Waals surface area (Å²) in [5.74, 6) is -0.957. The first-order valence-electron chi connectivity index (χ1n) is 8.28. The Hall–Kier alpha value is -2.82. The standard InChI is InChI=1S/C21H14Cl2N2O2/c22-17-5-3-6-18(23)16(17)12-19-15-4-1-2-7-20(15)25(24-19)14-10-8-13(9-11-14)21(26)27/h1-11H,12H2,(H,26,27). The summed E-state index contributed by atoms with van der Waals surface area (Å²) in [4.78, 5) is 11.1. The van der Waals surface area contributed by atoms with Gasteiger partial charge >= 0.3 is 5.97 Å². The molecule has 0 aliphatic carbocycles. The minimum atomic E-state index is -0.957. The Morgan fingerprint density at radius 3 is 2.26 bits per heavy atom. The van der Waals surface area contributed by atoms with Crippen molar-refractivity contribution in [1.82, 2.24) is 9.78 Å². The molecule has 1 N–H and O–H groups in total. The zero-order valence-corrected chi connectivity index (χ0v) is 15.6. The van der Waals surface area contributed by atoms with Crippen LogP contribution < -0.4 is 0 Å². The van der Waals surface area contributed by atoms with Crippen LogP contribution in [0.2, 0.25) is 10.0 Å². The highest BCUT2D eigenvalue weighted by Crippen LogP contribution is 2.30. The third-order valence-corrected chi connectivity index (χ3v) is 5.14. The molecule has 0 atom stereocenters. The first kappa shape index (κ1) is 17.6. The van der Waals surface area contributed by atoms with E-state index in [1.54, 1.807) is 28.9 Å². The molecule has 1 heterocycles. The zero-order chi connectivity index (χ0) is 19.0. The monoisotopic (exact) mass is 396 g/mol. The molecule has 3 aromatic carbocycles. The average Bonchev–Trinajstić information content (AvgIpc) is 3.04. The number of carboxylic acids is 1. The van der Waals surface area contributed by atoms with Gasteiger partial charge in [-0.25, -0.2) is 9.48 Å². The predicted molar refractivity (Wildman–Crippen MR) is 107 cm³/mol. The molecule has 4 rings (SSSR count). The fraction of sp³-hybridized carbons (Fsp3) is 0.0476. The predicted octanol–water partition coefficient (Wildman–Crippen LogP) is 5.62. The van der Waals surface area contributed by atoms with E-state index in [-0.39, 0.29) is 5.56 Å². The molecule has 0 radical (unpaired) electrons. The summed E-state index contributed by atoms with van der Waals surface area (Å²) in [6.07, 6.45) is 0.499. The highest BCUT2D eigenvalue weighted by Gasteiger charge is 2.15. The van der Waals surface area contributed by atoms with Crippen molar-refractivity contribution in [2.75, 3.05) is 0 Å². The Labute approximate surface area is 165 Å². The van der Waals surface area contributed by atoms with E-state index in [4.69, 9.17) is 33.4 Å². The van der Waals surface area contributed by atoms with E-state index in [9.17, 15) is 4.79 Å². The first-order valence-corrected chi connectivity index (χ1v) is 9.03. The van der Waals surface area contributed by atoms with Gasteiger partial charge in [0.2, 0.25) is 0 Å². The molecule has 0 aliphatic rings. The Kier molecular flexibility index (Phi) is 4.60. The number of carboxylic acid groups (broad SMARTS) is 1. The molecular formula is C21H14Cl2N2O2. The van der Waals surface area contributed by atoms with Crippen molar-refractivity contribution in [3.8, 4) is 5.69 Å². The van der Waals surface area contributed by atoms with E-state index in [2.05, 4.69) is 0 Å². The van der Waals surface area contributed by atoms with Crippen LogP contribution in [-0.4, -0.2) is 20.9 Å². The van der Waals surface area contributed by atoms with Gasteiger partial charge in [0.1, 0.15) is 0 Å². The minimum absolute atomic E-state index is 0.235. The quantitative estimate of drug-likeness (QED) is 0.486. The van der Waals surface area contributed by atoms with Crippen molar-refractivity contribution < 1.29 is 9.90 Å². The van der Waals surface area contributed by atoms with Gasteiger partial charge in [0.25, 0.3) is 0 Å². The number of nitrogens with zero attached hydrogens (tertiary/aromatic N) is 2. The second kappa shape index (κ2) is 7.06. The molecule has 27 heavy (non-hydrogen) atoms. The van der Waals surface area contributed by atoms with Gasteiger partial charge in [0.15, 0.2) is 0 Å². The highest BCUT2D eigenvalue weighted by atomic mass is 35.5. The van der Waals surface area contributed by atoms with Gasteiger partial charge < -0.3 is 5.11 Å². The molecular weight excluding hydrogens is 383 g/mol. The zero-order valence-electron chi connectivity index (χ0n) is 14.1. The summed E-state index contributed by atoms with van der Waals surface area (Å²) >= 11 is 12.7. The maximum atomic E-state index is 11.1. The average molecular weight is 397 g/mol. The molecule has 134 valence electrons. The summed E-state index contributed by atoms with van der Waals surface area (Å²) in [6.45, 7) is 0. The molecule has 0 unspecified atom stereocenters. The van der Waals surface area contributed by atoms with Gasteiger partial charge in [-0.2, -0.15) is 5.10 Å². The molecule has 6 heteroatoms. The van der Waals surface area contributed by atoms with Crippen LogP contribution in [0.5, 0.6) is 0 Å². The van der Waals surface area contributed by atoms with Crippen LogP contribution in [0.1, 0.15) is 21.6 Å². The summed E-state index contributed by atoms with van der Waals surface area (Å²) in [6, 6.07) is 19.9. The number of fused-ring (bicyclic) bond motifs is 1. The Morgan fingerprint density at radius 1 is 0.926 bits per heavy atom. The van der Waals surface area contributed by atoms with E-state index in [0.717, 1.165) is 27.8 Å². The van der Waals surface area contributed by atoms with E-state index in [1.165, 1.54) is 0 Å². The lowest BCUT2D eigenvalue weighted by Gasteiger charge is -2.05. The summed E-state index contributed by atoms with van der Waals surface area (Å²) in [5.41, 5.74) is 3.63. The SMILES string of the molecule is O=C(O)c1ccc(-n2nc(Cc3c(Cl)cccc3Cl)c3ccccc32)cc1. The van der Waals surface area contributed by atoms with E-state index < -0.39 is 5.97 Å². The largest absolute Gasteiger partial charge is 0.478 e. The number of aromatic carboxylic acids is 1. The summed E-state index contributed by atoms with van der Waals surface area (Å²) in [7, 11) is 0. The number of hydrogen-bond acceptors (Lipinski definition) is 2. The van der Waals surface area contributed by atoms with Gasteiger partial charge in [-0.15, -0.1) is 0 Å². The van der Waals surface area contributed by atoms with E-state index in [1.807, 2.05) is 42.5 Å². The maximum Gasteiger partial charge on any atom is 0.335 e. The van der Waals surface area contributed by atoms with Crippen molar-refractivity contribution in [3.63, 3.8) is 0 Å². The maximum absolute atomic E-state index is 11.1. The Bertz CT molecular complexity index is 1130. The molecule has 0 fully saturated rings. The number of rotatable bonds is 4. The molecule has 1 aromatic heterocycles. The normalized spacial score (nSPS) is 11.0. The van der Waals surface area contributed by atoms with Crippen molar-refractivity contribution in [1.29, 1.82) is 0 Å². The summed E-state index contributed by atoms with van der Waals surface area (Å²) in [5, 5.41) is 16.1. The van der Waals surface area contributed by atoms with Crippen molar-refractivity contribution in [2.45, 2.75) is 6.42 Å². The van der Waals surface area contributed by atoms with Crippen molar-refractivity contribution >= 4 is 40.1 Å². The van der Waals surface area contributed by atoms with Gasteiger partial charge in [0.05, 0.1) is 22.5 Å². The van der Waals surface area contributed by atoms with Crippen LogP contribution in [0.3, 0.4) is 0 Å². The lowest BCUT2D eigenvalue weighted by atomic mass is 10.1. The van der Waals surface area contributed by atoms with E-state index >= 15 is 0 Å². The topological polar surface area (TPSA) is 55.1 Å². The number of halogens is 2. The Morgan fingerprint density at radius 2 is 1.59 bits per heavy atom. The fourth-order valence-corrected chi connectivity index (χ4v) is 3.60. The third kappa shape index (κ3) is 3.29. The first-order chi connectivity index (χ1) is 13.0. The minimum Gasteiger partial charge on any atom is -0.478 e. The Balaban J connectivity index is 1.83. The van der Waals surface area contributed by atoms with Crippen LogP contribution in [-0.2, 0) is 6.42 Å². The van der Waals surface area contributed by atoms with Gasteiger partial charge in [-0.1, -0.05) is 47.5 Å². The second-order valence-corrected chi connectivity index (χ2v) is 6.92. The molecule has 0 bridgehead atoms. The van der Waals surface area contributed by atoms with Gasteiger partial charge in [0, 0.05) is 21.9 Å². The van der Waals surface area contributed by atoms with E-state index in [0.29, 0.717) is 16.5 Å². The number of benzene rings is 3. The molecule has 4 aromatic rings. The van der Waals surface area contributed by atoms with Crippen LogP contribution in [0.25, 0.3) is 16.6 Å². The highest BCUT2D eigenvalue weighted by molar-refractivity contribution is 6.36. The number of hydrogen-bond donors (Lipinski definition) is 1. The molecule has 0 saturated heterocycles. The molecule has 0 spiro atoms. The number of para-hydroxylation sites is 1. The van der Waals surface area contributed by atoms with Crippen molar-refractivity contribution in [3.05, 3.63) is 93.6 Å². The van der Waals surface area contributed by atoms with Crippen LogP contribution in [0, 0.1) is 0 Å². The van der Waals surface area contributed by atoms with Gasteiger partial charge in [-0.05, 0) is 48.0 Å². The number of carbonyl (C=O) groups is 1. The van der Waals surface area contributed by atoms with Crippen LogP contribution in [0.4, 0.5) is 0 Å². The lowest BCUT2D eigenvalue weighted by molar-refractivity contribution is 0.0697. The third-order valence-electron chi connectivity index (χ3n) is 4.43. The smallest absolute Gasteiger partial charge is 0.335 e. The fourth-order valence-electron chi connectivity index (χ4n) is 3.07. The van der Waals surface area contributed by atoms with Crippen molar-refractivity contribution in [2.24, 2.45) is 0 Å². The second-order valence-electron chi connectivity index (χ2n) is 6.10. The molecule has 0 amide bonds. The van der Waals surface area contributed by atoms with Crippen LogP contribution in [0.15, 0.2) is 66.7 Å². The molecule has 0 aliphatic heterocycles. The van der Waals surface area contributed by atoms with Gasteiger partial charge in [-0.3, -0.25) is 0 Å². The summed E-state index contributed by atoms with van der Waals surface area (Å²) < 4.78 is 1.81.